The van der Waals surface area contributed by atoms with Gasteiger partial charge < -0.3 is 0 Å². The molecule has 1 heterocycles. The molecular weight excluding hydrogens is 331 g/mol. The van der Waals surface area contributed by atoms with Gasteiger partial charge in [0.15, 0.2) is 0 Å². The molecule has 120 valence electrons. The van der Waals surface area contributed by atoms with Crippen LogP contribution in [0.2, 0.25) is 10.0 Å². The van der Waals surface area contributed by atoms with Gasteiger partial charge in [-0.1, -0.05) is 53.5 Å². The van der Waals surface area contributed by atoms with Gasteiger partial charge in [0.25, 0.3) is 0 Å². The standard InChI is InChI=1S/C18H18Cl2N2O/c1-18(2)17(23)22(15-10-9-13(19)11-14(15)20)16(21(18)3)12-7-5-4-6-8-12/h4-11,16H,1-3H3. The summed E-state index contributed by atoms with van der Waals surface area (Å²) >= 11 is 12.4. The molecule has 0 saturated carbocycles. The molecule has 1 atom stereocenters. The normalized spacial score (nSPS) is 21.0. The van der Waals surface area contributed by atoms with Crippen LogP contribution in [0, 0.1) is 0 Å². The number of benzene rings is 2. The first-order valence-corrected chi connectivity index (χ1v) is 8.16. The Balaban J connectivity index is 2.16. The summed E-state index contributed by atoms with van der Waals surface area (Å²) in [6.45, 7) is 3.85. The minimum Gasteiger partial charge on any atom is -0.289 e. The molecule has 0 radical (unpaired) electrons. The lowest BCUT2D eigenvalue weighted by Crippen LogP contribution is -2.41. The SMILES string of the molecule is CN1C(c2ccccc2)N(c2ccc(Cl)cc2Cl)C(=O)C1(C)C. The molecule has 0 aromatic heterocycles. The van der Waals surface area contributed by atoms with Crippen LogP contribution in [-0.4, -0.2) is 23.4 Å². The molecule has 1 aliphatic heterocycles. The van der Waals surface area contributed by atoms with E-state index in [0.717, 1.165) is 5.56 Å². The average molecular weight is 349 g/mol. The van der Waals surface area contributed by atoms with Crippen LogP contribution in [0.25, 0.3) is 0 Å². The second-order valence-electron chi connectivity index (χ2n) is 6.23. The van der Waals surface area contributed by atoms with Gasteiger partial charge >= 0.3 is 0 Å². The minimum atomic E-state index is -0.622. The van der Waals surface area contributed by atoms with Crippen molar-refractivity contribution in [3.05, 3.63) is 64.1 Å². The van der Waals surface area contributed by atoms with Gasteiger partial charge in [0.2, 0.25) is 5.91 Å². The molecule has 0 bridgehead atoms. The van der Waals surface area contributed by atoms with E-state index in [2.05, 4.69) is 4.90 Å². The van der Waals surface area contributed by atoms with Crippen LogP contribution >= 0.6 is 23.2 Å². The van der Waals surface area contributed by atoms with E-state index in [1.54, 1.807) is 23.1 Å². The summed E-state index contributed by atoms with van der Waals surface area (Å²) < 4.78 is 0. The van der Waals surface area contributed by atoms with Crippen molar-refractivity contribution in [2.24, 2.45) is 0 Å². The van der Waals surface area contributed by atoms with E-state index in [9.17, 15) is 4.79 Å². The molecule has 0 aliphatic carbocycles. The Labute approximate surface area is 146 Å². The zero-order chi connectivity index (χ0) is 16.8. The van der Waals surface area contributed by atoms with Crippen LogP contribution in [0.5, 0.6) is 0 Å². The van der Waals surface area contributed by atoms with Gasteiger partial charge in [0.05, 0.1) is 16.2 Å². The number of halogens is 2. The van der Waals surface area contributed by atoms with Gasteiger partial charge in [0.1, 0.15) is 6.17 Å². The maximum absolute atomic E-state index is 13.1. The second kappa shape index (κ2) is 5.82. The Morgan fingerprint density at radius 1 is 1.04 bits per heavy atom. The Morgan fingerprint density at radius 3 is 2.30 bits per heavy atom. The van der Waals surface area contributed by atoms with Gasteiger partial charge in [-0.2, -0.15) is 0 Å². The average Bonchev–Trinajstić information content (AvgIpc) is 2.69. The quantitative estimate of drug-likeness (QED) is 0.781. The lowest BCUT2D eigenvalue weighted by Gasteiger charge is -2.30. The van der Waals surface area contributed by atoms with Crippen molar-refractivity contribution in [3.8, 4) is 0 Å². The second-order valence-corrected chi connectivity index (χ2v) is 7.07. The fraction of sp³-hybridized carbons (Fsp3) is 0.278. The molecule has 3 nitrogen and oxygen atoms in total. The molecular formula is C18H18Cl2N2O. The molecule has 1 saturated heterocycles. The predicted octanol–water partition coefficient (Wildman–Crippen LogP) is 4.75. The minimum absolute atomic E-state index is 0.0121. The summed E-state index contributed by atoms with van der Waals surface area (Å²) in [4.78, 5) is 16.9. The predicted molar refractivity (Wildman–Crippen MR) is 95.0 cm³/mol. The molecule has 5 heteroatoms. The monoisotopic (exact) mass is 348 g/mol. The third-order valence-electron chi connectivity index (χ3n) is 4.50. The third kappa shape index (κ3) is 2.63. The number of hydrogen-bond acceptors (Lipinski definition) is 2. The first-order valence-electron chi connectivity index (χ1n) is 7.40. The number of hydrogen-bond donors (Lipinski definition) is 0. The number of carbonyl (C=O) groups is 1. The maximum atomic E-state index is 13.1. The van der Waals surface area contributed by atoms with Gasteiger partial charge in [-0.15, -0.1) is 0 Å². The highest BCUT2D eigenvalue weighted by molar-refractivity contribution is 6.37. The molecule has 1 aliphatic rings. The topological polar surface area (TPSA) is 23.6 Å². The van der Waals surface area contributed by atoms with Crippen molar-refractivity contribution in [2.45, 2.75) is 25.6 Å². The zero-order valence-corrected chi connectivity index (χ0v) is 14.8. The van der Waals surface area contributed by atoms with Crippen molar-refractivity contribution in [1.82, 2.24) is 4.90 Å². The highest BCUT2D eigenvalue weighted by atomic mass is 35.5. The van der Waals surface area contributed by atoms with E-state index in [4.69, 9.17) is 23.2 Å². The number of rotatable bonds is 2. The molecule has 2 aromatic rings. The number of anilines is 1. The van der Waals surface area contributed by atoms with E-state index in [-0.39, 0.29) is 12.1 Å². The molecule has 0 N–H and O–H groups in total. The number of likely N-dealkylation sites (N-methyl/N-ethyl adjacent to an activating group) is 1. The lowest BCUT2D eigenvalue weighted by molar-refractivity contribution is -0.123. The van der Waals surface area contributed by atoms with Crippen LogP contribution in [-0.2, 0) is 4.79 Å². The van der Waals surface area contributed by atoms with Crippen LogP contribution < -0.4 is 4.90 Å². The van der Waals surface area contributed by atoms with E-state index in [0.29, 0.717) is 15.7 Å². The van der Waals surface area contributed by atoms with Crippen LogP contribution in [0.3, 0.4) is 0 Å². The number of carbonyl (C=O) groups excluding carboxylic acids is 1. The maximum Gasteiger partial charge on any atom is 0.248 e. The van der Waals surface area contributed by atoms with Crippen LogP contribution in [0.4, 0.5) is 5.69 Å². The Morgan fingerprint density at radius 2 is 1.70 bits per heavy atom. The largest absolute Gasteiger partial charge is 0.289 e. The van der Waals surface area contributed by atoms with Crippen LogP contribution in [0.15, 0.2) is 48.5 Å². The van der Waals surface area contributed by atoms with E-state index in [1.165, 1.54) is 0 Å². The number of amides is 1. The molecule has 0 spiro atoms. The van der Waals surface area contributed by atoms with E-state index >= 15 is 0 Å². The first-order chi connectivity index (χ1) is 10.8. The van der Waals surface area contributed by atoms with E-state index < -0.39 is 5.54 Å². The highest BCUT2D eigenvalue weighted by Crippen LogP contribution is 2.44. The molecule has 3 rings (SSSR count). The Kier molecular flexibility index (Phi) is 4.13. The van der Waals surface area contributed by atoms with Crippen molar-refractivity contribution in [3.63, 3.8) is 0 Å². The zero-order valence-electron chi connectivity index (χ0n) is 13.3. The van der Waals surface area contributed by atoms with Crippen LogP contribution in [0.1, 0.15) is 25.6 Å². The Bertz CT molecular complexity index is 746. The summed E-state index contributed by atoms with van der Waals surface area (Å²) in [5.41, 5.74) is 1.09. The molecule has 2 aromatic carbocycles. The van der Waals surface area contributed by atoms with Gasteiger partial charge in [0, 0.05) is 5.02 Å². The lowest BCUT2D eigenvalue weighted by atomic mass is 10.0. The first kappa shape index (κ1) is 16.3. The van der Waals surface area contributed by atoms with Crippen molar-refractivity contribution in [2.75, 3.05) is 11.9 Å². The Hall–Kier alpha value is -1.55. The molecule has 1 fully saturated rings. The van der Waals surface area contributed by atoms with Crippen molar-refractivity contribution >= 4 is 34.8 Å². The van der Waals surface area contributed by atoms with Gasteiger partial charge in [-0.05, 0) is 44.7 Å². The summed E-state index contributed by atoms with van der Waals surface area (Å²) in [6, 6.07) is 15.2. The van der Waals surface area contributed by atoms with Gasteiger partial charge in [-0.25, -0.2) is 0 Å². The summed E-state index contributed by atoms with van der Waals surface area (Å²) in [5, 5.41) is 1.02. The fourth-order valence-electron chi connectivity index (χ4n) is 2.95. The van der Waals surface area contributed by atoms with Gasteiger partial charge in [-0.3, -0.25) is 14.6 Å². The third-order valence-corrected chi connectivity index (χ3v) is 5.04. The smallest absolute Gasteiger partial charge is 0.248 e. The summed E-state index contributed by atoms with van der Waals surface area (Å²) in [5.74, 6) is 0.0121. The highest BCUT2D eigenvalue weighted by Gasteiger charge is 2.51. The van der Waals surface area contributed by atoms with E-state index in [1.807, 2.05) is 51.2 Å². The fourth-order valence-corrected chi connectivity index (χ4v) is 3.45. The number of nitrogens with zero attached hydrogens (tertiary/aromatic N) is 2. The molecule has 1 amide bonds. The molecule has 23 heavy (non-hydrogen) atoms. The molecule has 1 unspecified atom stereocenters. The van der Waals surface area contributed by atoms with Crippen molar-refractivity contribution < 1.29 is 4.79 Å². The van der Waals surface area contributed by atoms with Crippen molar-refractivity contribution in [1.29, 1.82) is 0 Å². The summed E-state index contributed by atoms with van der Waals surface area (Å²) in [6.07, 6.45) is -0.211. The summed E-state index contributed by atoms with van der Waals surface area (Å²) in [7, 11) is 1.96.